The van der Waals surface area contributed by atoms with Crippen LogP contribution >= 0.6 is 0 Å². The lowest BCUT2D eigenvalue weighted by atomic mass is 10.1. The molecule has 1 fully saturated rings. The van der Waals surface area contributed by atoms with Crippen LogP contribution in [0.5, 0.6) is 0 Å². The molecule has 0 bridgehead atoms. The Morgan fingerprint density at radius 3 is 2.37 bits per heavy atom. The van der Waals surface area contributed by atoms with Crippen molar-refractivity contribution >= 4 is 17.5 Å². The number of benzene rings is 2. The van der Waals surface area contributed by atoms with Crippen LogP contribution in [0.25, 0.3) is 11.3 Å². The van der Waals surface area contributed by atoms with Gasteiger partial charge in [-0.1, -0.05) is 35.5 Å². The Morgan fingerprint density at radius 2 is 1.70 bits per heavy atom. The lowest BCUT2D eigenvalue weighted by molar-refractivity contribution is 0.0950. The number of rotatable bonds is 5. The molecule has 1 aliphatic carbocycles. The number of carbonyl (C=O) groups excluding carboxylic acids is 2. The Hall–Kier alpha value is -3.41. The van der Waals surface area contributed by atoms with Crippen molar-refractivity contribution in [2.24, 2.45) is 0 Å². The quantitative estimate of drug-likeness (QED) is 0.724. The van der Waals surface area contributed by atoms with Gasteiger partial charge in [-0.15, -0.1) is 0 Å². The van der Waals surface area contributed by atoms with E-state index in [2.05, 4.69) is 15.8 Å². The monoisotopic (exact) mass is 361 g/mol. The molecule has 0 aliphatic heterocycles. The lowest BCUT2D eigenvalue weighted by Gasteiger charge is -2.07. The molecule has 0 atom stereocenters. The third-order valence-electron chi connectivity index (χ3n) is 4.45. The summed E-state index contributed by atoms with van der Waals surface area (Å²) in [6.45, 7) is 1.71. The van der Waals surface area contributed by atoms with Crippen LogP contribution in [0.2, 0.25) is 0 Å². The average molecular weight is 361 g/mol. The summed E-state index contributed by atoms with van der Waals surface area (Å²) >= 11 is 0. The zero-order valence-corrected chi connectivity index (χ0v) is 14.9. The summed E-state index contributed by atoms with van der Waals surface area (Å²) < 4.78 is 5.24. The summed E-state index contributed by atoms with van der Waals surface area (Å²) in [4.78, 5) is 24.8. The maximum atomic E-state index is 12.8. The van der Waals surface area contributed by atoms with E-state index in [-0.39, 0.29) is 11.8 Å². The van der Waals surface area contributed by atoms with Crippen LogP contribution in [0.4, 0.5) is 5.69 Å². The van der Waals surface area contributed by atoms with E-state index < -0.39 is 0 Å². The lowest BCUT2D eigenvalue weighted by Crippen LogP contribution is -2.25. The first kappa shape index (κ1) is 17.0. The summed E-state index contributed by atoms with van der Waals surface area (Å²) in [5.41, 5.74) is 2.89. The van der Waals surface area contributed by atoms with E-state index in [4.69, 9.17) is 4.52 Å². The predicted molar refractivity (Wildman–Crippen MR) is 102 cm³/mol. The molecule has 3 aromatic rings. The van der Waals surface area contributed by atoms with Crippen molar-refractivity contribution in [1.82, 2.24) is 10.5 Å². The second-order valence-corrected chi connectivity index (χ2v) is 6.61. The highest BCUT2D eigenvalue weighted by atomic mass is 16.5. The molecule has 0 unspecified atom stereocenters. The van der Waals surface area contributed by atoms with Crippen molar-refractivity contribution in [3.05, 3.63) is 71.5 Å². The molecule has 2 aromatic carbocycles. The Bertz CT molecular complexity index is 974. The van der Waals surface area contributed by atoms with Crippen LogP contribution in [-0.2, 0) is 0 Å². The maximum absolute atomic E-state index is 12.8. The molecule has 2 N–H and O–H groups in total. The number of hydrogen-bond donors (Lipinski definition) is 2. The Kier molecular flexibility index (Phi) is 4.46. The van der Waals surface area contributed by atoms with E-state index in [1.807, 2.05) is 30.3 Å². The molecule has 1 heterocycles. The first-order chi connectivity index (χ1) is 13.1. The molecule has 0 saturated heterocycles. The van der Waals surface area contributed by atoms with Gasteiger partial charge in [0, 0.05) is 22.9 Å². The molecule has 1 aromatic heterocycles. The van der Waals surface area contributed by atoms with Gasteiger partial charge in [0.2, 0.25) is 0 Å². The van der Waals surface area contributed by atoms with Gasteiger partial charge in [-0.05, 0) is 44.0 Å². The van der Waals surface area contributed by atoms with Crippen LogP contribution in [0, 0.1) is 6.92 Å². The standard InChI is InChI=1S/C21H19N3O3/c1-13-18(19(24-27-13)14-5-3-2-4-6-14)21(26)23-16-9-7-15(8-10-16)20(25)22-17-11-12-17/h2-10,17H,11-12H2,1H3,(H,22,25)(H,23,26). The second kappa shape index (κ2) is 7.07. The normalized spacial score (nSPS) is 13.2. The molecule has 6 nitrogen and oxygen atoms in total. The highest BCUT2D eigenvalue weighted by Crippen LogP contribution is 2.26. The molecule has 27 heavy (non-hydrogen) atoms. The number of nitrogens with zero attached hydrogens (tertiary/aromatic N) is 1. The Morgan fingerprint density at radius 1 is 1.00 bits per heavy atom. The predicted octanol–water partition coefficient (Wildman–Crippen LogP) is 3.79. The number of aromatic nitrogens is 1. The van der Waals surface area contributed by atoms with Gasteiger partial charge in [-0.25, -0.2) is 0 Å². The smallest absolute Gasteiger partial charge is 0.261 e. The van der Waals surface area contributed by atoms with Crippen molar-refractivity contribution < 1.29 is 14.1 Å². The molecule has 4 rings (SSSR count). The van der Waals surface area contributed by atoms with Crippen LogP contribution in [0.15, 0.2) is 59.1 Å². The minimum Gasteiger partial charge on any atom is -0.360 e. The van der Waals surface area contributed by atoms with Crippen molar-refractivity contribution in [2.75, 3.05) is 5.32 Å². The van der Waals surface area contributed by atoms with E-state index in [0.29, 0.717) is 34.3 Å². The number of nitrogens with one attached hydrogen (secondary N) is 2. The number of anilines is 1. The first-order valence-electron chi connectivity index (χ1n) is 8.86. The van der Waals surface area contributed by atoms with Gasteiger partial charge < -0.3 is 15.2 Å². The average Bonchev–Trinajstić information content (AvgIpc) is 3.41. The van der Waals surface area contributed by atoms with Gasteiger partial charge >= 0.3 is 0 Å². The summed E-state index contributed by atoms with van der Waals surface area (Å²) in [5.74, 6) is 0.0613. The molecular formula is C21H19N3O3. The van der Waals surface area contributed by atoms with E-state index in [1.54, 1.807) is 31.2 Å². The van der Waals surface area contributed by atoms with E-state index in [0.717, 1.165) is 18.4 Å². The van der Waals surface area contributed by atoms with Crippen molar-refractivity contribution in [3.63, 3.8) is 0 Å². The van der Waals surface area contributed by atoms with Gasteiger partial charge in [0.1, 0.15) is 17.0 Å². The van der Waals surface area contributed by atoms with Crippen LogP contribution < -0.4 is 10.6 Å². The fourth-order valence-corrected chi connectivity index (χ4v) is 2.83. The molecule has 0 spiro atoms. The number of hydrogen-bond acceptors (Lipinski definition) is 4. The Balaban J connectivity index is 1.51. The summed E-state index contributed by atoms with van der Waals surface area (Å²) in [6, 6.07) is 16.6. The van der Waals surface area contributed by atoms with E-state index in [9.17, 15) is 9.59 Å². The topological polar surface area (TPSA) is 84.2 Å². The zero-order chi connectivity index (χ0) is 18.8. The maximum Gasteiger partial charge on any atom is 0.261 e. The second-order valence-electron chi connectivity index (χ2n) is 6.61. The highest BCUT2D eigenvalue weighted by Gasteiger charge is 2.24. The molecule has 1 saturated carbocycles. The molecule has 136 valence electrons. The van der Waals surface area contributed by atoms with Gasteiger partial charge in [-0.3, -0.25) is 9.59 Å². The SMILES string of the molecule is Cc1onc(-c2ccccc2)c1C(=O)Nc1ccc(C(=O)NC2CC2)cc1. The van der Waals surface area contributed by atoms with Crippen LogP contribution in [0.3, 0.4) is 0 Å². The molecule has 0 radical (unpaired) electrons. The minimum absolute atomic E-state index is 0.0865. The minimum atomic E-state index is -0.303. The summed E-state index contributed by atoms with van der Waals surface area (Å²) in [6.07, 6.45) is 2.09. The largest absolute Gasteiger partial charge is 0.360 e. The zero-order valence-electron chi connectivity index (χ0n) is 14.9. The van der Waals surface area contributed by atoms with Gasteiger partial charge in [-0.2, -0.15) is 0 Å². The molecule has 1 aliphatic rings. The molecule has 6 heteroatoms. The fraction of sp³-hybridized carbons (Fsp3) is 0.190. The van der Waals surface area contributed by atoms with Gasteiger partial charge in [0.25, 0.3) is 11.8 Å². The molecule has 2 amide bonds. The van der Waals surface area contributed by atoms with Crippen LogP contribution in [-0.4, -0.2) is 23.0 Å². The molecular weight excluding hydrogens is 342 g/mol. The third-order valence-corrected chi connectivity index (χ3v) is 4.45. The third kappa shape index (κ3) is 3.74. The van der Waals surface area contributed by atoms with Crippen LogP contribution in [0.1, 0.15) is 39.3 Å². The van der Waals surface area contributed by atoms with Crippen molar-refractivity contribution in [1.29, 1.82) is 0 Å². The van der Waals surface area contributed by atoms with E-state index >= 15 is 0 Å². The number of carbonyl (C=O) groups is 2. The van der Waals surface area contributed by atoms with Crippen molar-refractivity contribution in [2.45, 2.75) is 25.8 Å². The Labute approximate surface area is 156 Å². The summed E-state index contributed by atoms with van der Waals surface area (Å²) in [5, 5.41) is 9.81. The van der Waals surface area contributed by atoms with Gasteiger partial charge in [0.05, 0.1) is 0 Å². The van der Waals surface area contributed by atoms with E-state index in [1.165, 1.54) is 0 Å². The fourth-order valence-electron chi connectivity index (χ4n) is 2.83. The highest BCUT2D eigenvalue weighted by molar-refractivity contribution is 6.09. The summed E-state index contributed by atoms with van der Waals surface area (Å²) in [7, 11) is 0. The first-order valence-corrected chi connectivity index (χ1v) is 8.86. The van der Waals surface area contributed by atoms with Gasteiger partial charge in [0.15, 0.2) is 0 Å². The number of aryl methyl sites for hydroxylation is 1. The van der Waals surface area contributed by atoms with Crippen molar-refractivity contribution in [3.8, 4) is 11.3 Å². The number of amides is 2.